The van der Waals surface area contributed by atoms with Gasteiger partial charge in [0.1, 0.15) is 4.90 Å². The molecule has 2 rings (SSSR count). The first kappa shape index (κ1) is 22.0. The van der Waals surface area contributed by atoms with Crippen LogP contribution in [0.4, 0.5) is 28.4 Å². The number of anilines is 3. The van der Waals surface area contributed by atoms with Gasteiger partial charge in [-0.1, -0.05) is 0 Å². The van der Waals surface area contributed by atoms with Gasteiger partial charge in [0.05, 0.1) is 9.85 Å². The minimum Gasteiger partial charge on any atom is -0.372 e. The third kappa shape index (κ3) is 4.78. The first-order chi connectivity index (χ1) is 13.5. The average molecular weight is 424 g/mol. The third-order valence-corrected chi connectivity index (χ3v) is 5.19. The summed E-state index contributed by atoms with van der Waals surface area (Å²) in [5.41, 5.74) is -0.198. The summed E-state index contributed by atoms with van der Waals surface area (Å²) in [6.07, 6.45) is 0. The average Bonchev–Trinajstić information content (AvgIpc) is 2.63. The normalized spacial score (nSPS) is 11.2. The largest absolute Gasteiger partial charge is 0.372 e. The maximum Gasteiger partial charge on any atom is 0.301 e. The fourth-order valence-corrected chi connectivity index (χ4v) is 3.38. The molecule has 0 amide bonds. The molecule has 0 heterocycles. The van der Waals surface area contributed by atoms with E-state index in [1.165, 1.54) is 0 Å². The number of nitrogens with zero attached hydrogens (tertiary/aromatic N) is 3. The Bertz CT molecular complexity index is 1030. The summed E-state index contributed by atoms with van der Waals surface area (Å²) in [7, 11) is -4.88. The molecule has 0 fully saturated rings. The van der Waals surface area contributed by atoms with E-state index in [0.29, 0.717) is 23.4 Å². The van der Waals surface area contributed by atoms with Crippen LogP contribution in [0, 0.1) is 27.2 Å². The second-order valence-electron chi connectivity index (χ2n) is 6.12. The van der Waals surface area contributed by atoms with Gasteiger partial charge in [-0.3, -0.25) is 24.8 Å². The summed E-state index contributed by atoms with van der Waals surface area (Å²) >= 11 is 0. The molecule has 0 aliphatic rings. The molecule has 2 aromatic carbocycles. The van der Waals surface area contributed by atoms with E-state index in [9.17, 15) is 28.6 Å². The van der Waals surface area contributed by atoms with Gasteiger partial charge in [-0.25, -0.2) is 0 Å². The molecule has 0 saturated carbocycles. The maximum absolute atomic E-state index is 11.4. The van der Waals surface area contributed by atoms with Crippen LogP contribution in [0.15, 0.2) is 35.2 Å². The van der Waals surface area contributed by atoms with Crippen molar-refractivity contribution in [3.63, 3.8) is 0 Å². The molecule has 11 nitrogen and oxygen atoms in total. The molecule has 0 aliphatic heterocycles. The van der Waals surface area contributed by atoms with E-state index in [1.807, 2.05) is 19.9 Å². The summed E-state index contributed by atoms with van der Waals surface area (Å²) < 4.78 is 31.9. The van der Waals surface area contributed by atoms with E-state index in [1.54, 1.807) is 19.1 Å². The molecular formula is C17H20N4O7S. The van der Waals surface area contributed by atoms with Gasteiger partial charge in [0.15, 0.2) is 5.69 Å². The number of nitrogens with one attached hydrogen (secondary N) is 1. The molecule has 0 radical (unpaired) electrons. The van der Waals surface area contributed by atoms with Gasteiger partial charge in [0.2, 0.25) is 0 Å². The molecule has 156 valence electrons. The van der Waals surface area contributed by atoms with E-state index in [-0.39, 0.29) is 0 Å². The molecule has 29 heavy (non-hydrogen) atoms. The highest BCUT2D eigenvalue weighted by Gasteiger charge is 2.30. The van der Waals surface area contributed by atoms with Gasteiger partial charge in [0.25, 0.3) is 10.1 Å². The first-order valence-corrected chi connectivity index (χ1v) is 10.0. The lowest BCUT2D eigenvalue weighted by molar-refractivity contribution is -0.392. The minimum atomic E-state index is -4.88. The van der Waals surface area contributed by atoms with Crippen molar-refractivity contribution in [1.29, 1.82) is 0 Å². The molecule has 0 bridgehead atoms. The zero-order valence-corrected chi connectivity index (χ0v) is 16.8. The first-order valence-electron chi connectivity index (χ1n) is 8.56. The quantitative estimate of drug-likeness (QED) is 0.367. The molecule has 2 N–H and O–H groups in total. The Morgan fingerprint density at radius 1 is 1.03 bits per heavy atom. The molecule has 0 aliphatic carbocycles. The zero-order chi connectivity index (χ0) is 21.9. The van der Waals surface area contributed by atoms with Gasteiger partial charge in [-0.2, -0.15) is 8.42 Å². The molecule has 0 spiro atoms. The molecule has 0 unspecified atom stereocenters. The lowest BCUT2D eigenvalue weighted by atomic mass is 10.1. The van der Waals surface area contributed by atoms with Crippen molar-refractivity contribution < 1.29 is 22.8 Å². The highest BCUT2D eigenvalue weighted by atomic mass is 32.2. The SMILES string of the molecule is CCN(CC)c1ccc(Nc2c([N+](=O)[O-])cc(S(=O)(=O)O)cc2[N+](=O)[O-])c(C)c1. The van der Waals surface area contributed by atoms with E-state index < -0.39 is 41.9 Å². The molecule has 0 saturated heterocycles. The van der Waals surface area contributed by atoms with Crippen molar-refractivity contribution in [3.8, 4) is 0 Å². The predicted octanol–water partition coefficient (Wildman–Crippen LogP) is 3.65. The van der Waals surface area contributed by atoms with Crippen LogP contribution in [-0.4, -0.2) is 35.9 Å². The van der Waals surface area contributed by atoms with Gasteiger partial charge < -0.3 is 10.2 Å². The van der Waals surface area contributed by atoms with Gasteiger partial charge in [-0.15, -0.1) is 0 Å². The van der Waals surface area contributed by atoms with Gasteiger partial charge in [-0.05, 0) is 44.5 Å². The van der Waals surface area contributed by atoms with E-state index in [0.717, 1.165) is 18.8 Å². The number of aryl methyl sites for hydroxylation is 1. The standard InChI is InChI=1S/C17H20N4O7S/c1-4-19(5-2)12-6-7-14(11(3)8-12)18-17-15(20(22)23)9-13(29(26,27)28)10-16(17)21(24)25/h6-10,18H,4-5H2,1-3H3,(H,26,27,28). The Kier molecular flexibility index (Phi) is 6.39. The van der Waals surface area contributed by atoms with Crippen LogP contribution in [0.5, 0.6) is 0 Å². The summed E-state index contributed by atoms with van der Waals surface area (Å²) in [4.78, 5) is 22.1. The van der Waals surface area contributed by atoms with Crippen LogP contribution >= 0.6 is 0 Å². The lowest BCUT2D eigenvalue weighted by Crippen LogP contribution is -2.21. The Balaban J connectivity index is 2.63. The zero-order valence-electron chi connectivity index (χ0n) is 15.9. The number of hydrogen-bond acceptors (Lipinski definition) is 8. The van der Waals surface area contributed by atoms with Crippen molar-refractivity contribution in [3.05, 3.63) is 56.1 Å². The van der Waals surface area contributed by atoms with Crippen molar-refractivity contribution in [2.45, 2.75) is 25.7 Å². The van der Waals surface area contributed by atoms with Crippen LogP contribution in [0.1, 0.15) is 19.4 Å². The fourth-order valence-electron chi connectivity index (χ4n) is 2.86. The van der Waals surface area contributed by atoms with E-state index in [2.05, 4.69) is 10.2 Å². The summed E-state index contributed by atoms with van der Waals surface area (Å²) in [6.45, 7) is 7.27. The highest BCUT2D eigenvalue weighted by molar-refractivity contribution is 7.85. The Hall–Kier alpha value is -3.25. The number of nitro groups is 2. The highest BCUT2D eigenvalue weighted by Crippen LogP contribution is 2.39. The van der Waals surface area contributed by atoms with Crippen molar-refractivity contribution >= 4 is 38.6 Å². The summed E-state index contributed by atoms with van der Waals surface area (Å²) in [5, 5.41) is 25.5. The molecule has 12 heteroatoms. The van der Waals surface area contributed by atoms with Crippen LogP contribution < -0.4 is 10.2 Å². The summed E-state index contributed by atoms with van der Waals surface area (Å²) in [5.74, 6) is 0. The molecule has 0 aromatic heterocycles. The smallest absolute Gasteiger partial charge is 0.301 e. The van der Waals surface area contributed by atoms with Crippen molar-refractivity contribution in [1.82, 2.24) is 0 Å². The van der Waals surface area contributed by atoms with Gasteiger partial charge in [0, 0.05) is 36.6 Å². The third-order valence-electron chi connectivity index (χ3n) is 4.36. The Morgan fingerprint density at radius 3 is 1.93 bits per heavy atom. The van der Waals surface area contributed by atoms with Crippen LogP contribution in [0.3, 0.4) is 0 Å². The van der Waals surface area contributed by atoms with E-state index >= 15 is 0 Å². The molecule has 0 atom stereocenters. The minimum absolute atomic E-state index is 0.381. The Labute approximate surface area is 167 Å². The maximum atomic E-state index is 11.4. The monoisotopic (exact) mass is 424 g/mol. The molecule has 2 aromatic rings. The predicted molar refractivity (Wildman–Crippen MR) is 108 cm³/mol. The van der Waals surface area contributed by atoms with Crippen molar-refractivity contribution in [2.75, 3.05) is 23.3 Å². The van der Waals surface area contributed by atoms with Crippen LogP contribution in [0.25, 0.3) is 0 Å². The Morgan fingerprint density at radius 2 is 1.55 bits per heavy atom. The second-order valence-corrected chi connectivity index (χ2v) is 7.54. The second kappa shape index (κ2) is 8.41. The van der Waals surface area contributed by atoms with Crippen LogP contribution in [0.2, 0.25) is 0 Å². The fraction of sp³-hybridized carbons (Fsp3) is 0.294. The van der Waals surface area contributed by atoms with Gasteiger partial charge >= 0.3 is 11.4 Å². The summed E-state index contributed by atoms with van der Waals surface area (Å²) in [6, 6.07) is 6.38. The number of hydrogen-bond donors (Lipinski definition) is 2. The number of nitro benzene ring substituents is 2. The van der Waals surface area contributed by atoms with E-state index in [4.69, 9.17) is 4.55 Å². The van der Waals surface area contributed by atoms with Crippen LogP contribution in [-0.2, 0) is 10.1 Å². The number of rotatable bonds is 8. The molecular weight excluding hydrogens is 404 g/mol. The topological polar surface area (TPSA) is 156 Å². The van der Waals surface area contributed by atoms with Crippen molar-refractivity contribution in [2.24, 2.45) is 0 Å². The number of benzene rings is 2. The lowest BCUT2D eigenvalue weighted by Gasteiger charge is -2.22.